The molecule has 6 nitrogen and oxygen atoms in total. The highest BCUT2D eigenvalue weighted by Gasteiger charge is 2.31. The van der Waals surface area contributed by atoms with Gasteiger partial charge in [0.05, 0.1) is 0 Å². The largest absolute Gasteiger partial charge is 0.352 e. The first-order chi connectivity index (χ1) is 9.10. The van der Waals surface area contributed by atoms with E-state index in [0.717, 1.165) is 0 Å². The minimum atomic E-state index is -0.316. The number of allylic oxidation sites excluding steroid dienone is 2. The van der Waals surface area contributed by atoms with Gasteiger partial charge in [-0.05, 0) is 0 Å². The Kier molecular flexibility index (Phi) is 5.05. The number of aromatic nitrogens is 2. The zero-order valence-electron chi connectivity index (χ0n) is 11.3. The molecule has 0 spiro atoms. The Morgan fingerprint density at radius 3 is 2.37 bits per heavy atom. The molecular weight excluding hydrogens is 244 g/mol. The van der Waals surface area contributed by atoms with Gasteiger partial charge < -0.3 is 10.6 Å². The van der Waals surface area contributed by atoms with Crippen LogP contribution in [0.25, 0.3) is 0 Å². The lowest BCUT2D eigenvalue weighted by molar-refractivity contribution is -0.688. The van der Waals surface area contributed by atoms with Crippen molar-refractivity contribution in [1.82, 2.24) is 15.2 Å². The Bertz CT molecular complexity index is 472. The van der Waals surface area contributed by atoms with E-state index < -0.39 is 0 Å². The van der Waals surface area contributed by atoms with Gasteiger partial charge in [-0.3, -0.25) is 9.59 Å². The molecule has 1 aromatic rings. The third-order valence-electron chi connectivity index (χ3n) is 2.61. The zero-order valence-corrected chi connectivity index (χ0v) is 11.3. The van der Waals surface area contributed by atoms with E-state index in [1.807, 2.05) is 0 Å². The van der Waals surface area contributed by atoms with Crippen molar-refractivity contribution in [2.75, 3.05) is 14.1 Å². The van der Waals surface area contributed by atoms with E-state index in [1.54, 1.807) is 27.6 Å². The van der Waals surface area contributed by atoms with E-state index in [2.05, 4.69) is 23.8 Å². The summed E-state index contributed by atoms with van der Waals surface area (Å²) >= 11 is 0. The number of nitrogens with one attached hydrogen (secondary N) is 2. The zero-order chi connectivity index (χ0) is 14.4. The second kappa shape index (κ2) is 6.53. The van der Waals surface area contributed by atoms with Gasteiger partial charge in [-0.25, -0.2) is 9.13 Å². The molecule has 102 valence electrons. The first-order valence-electron chi connectivity index (χ1n) is 5.89. The second-order valence-electron chi connectivity index (χ2n) is 3.85. The molecule has 0 unspecified atom stereocenters. The Balaban J connectivity index is 3.50. The van der Waals surface area contributed by atoms with Crippen LogP contribution in [-0.4, -0.2) is 30.5 Å². The number of hydrogen-bond acceptors (Lipinski definition) is 2. The van der Waals surface area contributed by atoms with Gasteiger partial charge in [0.25, 0.3) is 11.8 Å². The molecule has 0 aliphatic heterocycles. The van der Waals surface area contributed by atoms with Crippen LogP contribution in [0, 0.1) is 0 Å². The number of carbonyl (C=O) groups excluding carboxylic acids is 2. The van der Waals surface area contributed by atoms with Crippen LogP contribution >= 0.6 is 0 Å². The van der Waals surface area contributed by atoms with E-state index in [9.17, 15) is 9.59 Å². The van der Waals surface area contributed by atoms with Crippen LogP contribution in [0.4, 0.5) is 0 Å². The monoisotopic (exact) mass is 263 g/mol. The lowest BCUT2D eigenvalue weighted by Gasteiger charge is -2.01. The van der Waals surface area contributed by atoms with Gasteiger partial charge in [0, 0.05) is 14.1 Å². The fraction of sp³-hybridized carbons (Fsp3) is 0.308. The number of hydrogen-bond donors (Lipinski definition) is 2. The topological polar surface area (TPSA) is 67.0 Å². The summed E-state index contributed by atoms with van der Waals surface area (Å²) in [6.45, 7) is 8.18. The fourth-order valence-corrected chi connectivity index (χ4v) is 1.82. The van der Waals surface area contributed by atoms with Crippen LogP contribution < -0.4 is 15.2 Å². The van der Waals surface area contributed by atoms with Gasteiger partial charge >= 0.3 is 0 Å². The van der Waals surface area contributed by atoms with Crippen molar-refractivity contribution in [2.45, 2.75) is 13.1 Å². The average molecular weight is 263 g/mol. The van der Waals surface area contributed by atoms with Crippen molar-refractivity contribution < 1.29 is 14.2 Å². The molecule has 0 radical (unpaired) electrons. The quantitative estimate of drug-likeness (QED) is 0.554. The Morgan fingerprint density at radius 1 is 1.26 bits per heavy atom. The molecule has 0 saturated carbocycles. The van der Waals surface area contributed by atoms with Crippen molar-refractivity contribution >= 4 is 11.8 Å². The fourth-order valence-electron chi connectivity index (χ4n) is 1.82. The summed E-state index contributed by atoms with van der Waals surface area (Å²) in [6.07, 6.45) is 5.04. The number of imidazole rings is 1. The van der Waals surface area contributed by atoms with Gasteiger partial charge in [-0.1, -0.05) is 25.3 Å². The minimum absolute atomic E-state index is 0.309. The summed E-state index contributed by atoms with van der Waals surface area (Å²) < 4.78 is 3.36. The second-order valence-corrected chi connectivity index (χ2v) is 3.85. The van der Waals surface area contributed by atoms with Crippen molar-refractivity contribution in [1.29, 1.82) is 0 Å². The van der Waals surface area contributed by atoms with Crippen molar-refractivity contribution in [3.8, 4) is 0 Å². The van der Waals surface area contributed by atoms with Crippen LogP contribution in [0.15, 0.2) is 31.6 Å². The molecular formula is C13H19N4O2+. The molecule has 0 aliphatic carbocycles. The number of amides is 2. The van der Waals surface area contributed by atoms with Crippen LogP contribution in [0.2, 0.25) is 0 Å². The molecule has 1 heterocycles. The predicted molar refractivity (Wildman–Crippen MR) is 71.8 cm³/mol. The molecule has 2 amide bonds. The van der Waals surface area contributed by atoms with Crippen LogP contribution in [0.5, 0.6) is 0 Å². The molecule has 0 aliphatic rings. The van der Waals surface area contributed by atoms with E-state index >= 15 is 0 Å². The molecule has 2 N–H and O–H groups in total. The lowest BCUT2D eigenvalue weighted by atomic mass is 10.2. The lowest BCUT2D eigenvalue weighted by Crippen LogP contribution is -2.41. The molecule has 6 heteroatoms. The summed E-state index contributed by atoms with van der Waals surface area (Å²) in [5.74, 6) is -0.633. The standard InChI is InChI=1S/C13H18N4O2/c1-5-7-16-9-17(8-6-2)11(13(19)15-4)10(16)12(18)14-3/h5-6,9H,1-2,7-8H2,3-4H3,(H-,14,15,18,19)/p+1. The maximum atomic E-state index is 12.0. The maximum absolute atomic E-state index is 12.0. The Labute approximate surface area is 112 Å². The minimum Gasteiger partial charge on any atom is -0.352 e. The van der Waals surface area contributed by atoms with Gasteiger partial charge in [-0.15, -0.1) is 0 Å². The summed E-state index contributed by atoms with van der Waals surface area (Å²) in [5.41, 5.74) is 0.618. The van der Waals surface area contributed by atoms with Crippen molar-refractivity contribution in [2.24, 2.45) is 0 Å². The molecule has 0 fully saturated rings. The van der Waals surface area contributed by atoms with E-state index in [0.29, 0.717) is 24.5 Å². The number of nitrogens with zero attached hydrogens (tertiary/aromatic N) is 2. The third kappa shape index (κ3) is 2.90. The highest BCUT2D eigenvalue weighted by atomic mass is 16.2. The van der Waals surface area contributed by atoms with E-state index in [-0.39, 0.29) is 11.8 Å². The average Bonchev–Trinajstić information content (AvgIpc) is 2.76. The highest BCUT2D eigenvalue weighted by molar-refractivity contribution is 6.03. The van der Waals surface area contributed by atoms with Gasteiger partial charge in [0.2, 0.25) is 17.7 Å². The highest BCUT2D eigenvalue weighted by Crippen LogP contribution is 2.07. The molecule has 0 saturated heterocycles. The molecule has 1 rings (SSSR count). The molecule has 19 heavy (non-hydrogen) atoms. The van der Waals surface area contributed by atoms with Gasteiger partial charge in [0.15, 0.2) is 0 Å². The normalized spacial score (nSPS) is 9.79. The summed E-state index contributed by atoms with van der Waals surface area (Å²) in [7, 11) is 3.05. The first kappa shape index (κ1) is 14.7. The summed E-state index contributed by atoms with van der Waals surface area (Å²) in [5, 5.41) is 5.08. The van der Waals surface area contributed by atoms with E-state index in [4.69, 9.17) is 0 Å². The van der Waals surface area contributed by atoms with Crippen molar-refractivity contribution in [3.63, 3.8) is 0 Å². The third-order valence-corrected chi connectivity index (χ3v) is 2.61. The SMILES string of the molecule is C=CCn1c[n+](CC=C)c(C(=O)NC)c1C(=O)NC. The van der Waals surface area contributed by atoms with Crippen molar-refractivity contribution in [3.05, 3.63) is 43.0 Å². The Hall–Kier alpha value is -2.37. The molecule has 0 atom stereocenters. The number of carbonyl (C=O) groups is 2. The molecule has 0 bridgehead atoms. The maximum Gasteiger partial charge on any atom is 0.295 e. The van der Waals surface area contributed by atoms with Crippen LogP contribution in [-0.2, 0) is 13.1 Å². The Morgan fingerprint density at radius 2 is 1.89 bits per heavy atom. The summed E-state index contributed by atoms with van der Waals surface area (Å²) in [4.78, 5) is 24.0. The smallest absolute Gasteiger partial charge is 0.295 e. The predicted octanol–water partition coefficient (Wildman–Crippen LogP) is -0.133. The molecule has 1 aromatic heterocycles. The summed E-state index contributed by atoms with van der Waals surface area (Å²) in [6, 6.07) is 0. The van der Waals surface area contributed by atoms with Gasteiger partial charge in [-0.2, -0.15) is 0 Å². The van der Waals surface area contributed by atoms with Crippen LogP contribution in [0.3, 0.4) is 0 Å². The first-order valence-corrected chi connectivity index (χ1v) is 5.89. The van der Waals surface area contributed by atoms with Gasteiger partial charge in [0.1, 0.15) is 13.1 Å². The van der Waals surface area contributed by atoms with E-state index in [1.165, 1.54) is 14.1 Å². The molecule has 0 aromatic carbocycles. The van der Waals surface area contributed by atoms with Crippen LogP contribution in [0.1, 0.15) is 21.0 Å². The number of rotatable bonds is 6.